The van der Waals surface area contributed by atoms with Crippen LogP contribution in [0.1, 0.15) is 19.8 Å². The van der Waals surface area contributed by atoms with Gasteiger partial charge in [-0.25, -0.2) is 4.79 Å². The van der Waals surface area contributed by atoms with Crippen molar-refractivity contribution in [2.45, 2.75) is 31.5 Å². The molecule has 0 aromatic heterocycles. The number of hydrogen-bond acceptors (Lipinski definition) is 4. The topological polar surface area (TPSA) is 47.6 Å². The molecule has 17 heavy (non-hydrogen) atoms. The highest BCUT2D eigenvalue weighted by Crippen LogP contribution is 2.21. The molecule has 0 spiro atoms. The van der Waals surface area contributed by atoms with E-state index in [1.165, 1.54) is 7.11 Å². The molecule has 0 radical (unpaired) electrons. The van der Waals surface area contributed by atoms with Crippen LogP contribution >= 0.6 is 0 Å². The van der Waals surface area contributed by atoms with Crippen LogP contribution < -0.4 is 5.32 Å². The SMILES string of the molecule is CNC(C)(COCCCC(F)(F)F)C(=O)OC. The molecule has 0 aliphatic rings. The Morgan fingerprint density at radius 3 is 2.35 bits per heavy atom. The Labute approximate surface area is 98.5 Å². The van der Waals surface area contributed by atoms with Crippen LogP contribution in [-0.4, -0.2) is 45.1 Å². The lowest BCUT2D eigenvalue weighted by molar-refractivity contribution is -0.151. The molecule has 0 saturated heterocycles. The number of ether oxygens (including phenoxy) is 2. The second kappa shape index (κ2) is 6.80. The first-order valence-electron chi connectivity index (χ1n) is 5.17. The first kappa shape index (κ1) is 16.2. The molecule has 0 rings (SSSR count). The summed E-state index contributed by atoms with van der Waals surface area (Å²) < 4.78 is 45.1. The van der Waals surface area contributed by atoms with Gasteiger partial charge in [0.1, 0.15) is 5.54 Å². The van der Waals surface area contributed by atoms with Crippen LogP contribution in [-0.2, 0) is 14.3 Å². The van der Waals surface area contributed by atoms with Gasteiger partial charge in [-0.1, -0.05) is 0 Å². The zero-order valence-electron chi connectivity index (χ0n) is 10.2. The van der Waals surface area contributed by atoms with Crippen LogP contribution in [0, 0.1) is 0 Å². The van der Waals surface area contributed by atoms with Crippen LogP contribution in [0.15, 0.2) is 0 Å². The third-order valence-electron chi connectivity index (χ3n) is 2.33. The monoisotopic (exact) mass is 257 g/mol. The predicted molar refractivity (Wildman–Crippen MR) is 55.6 cm³/mol. The molecule has 0 amide bonds. The van der Waals surface area contributed by atoms with Gasteiger partial charge in [0.2, 0.25) is 0 Å². The lowest BCUT2D eigenvalue weighted by atomic mass is 10.1. The molecule has 0 aromatic rings. The smallest absolute Gasteiger partial charge is 0.389 e. The molecule has 0 aromatic carbocycles. The van der Waals surface area contributed by atoms with Gasteiger partial charge in [0, 0.05) is 13.0 Å². The fourth-order valence-electron chi connectivity index (χ4n) is 1.11. The number of nitrogens with one attached hydrogen (secondary N) is 1. The summed E-state index contributed by atoms with van der Waals surface area (Å²) in [4.78, 5) is 11.3. The Morgan fingerprint density at radius 1 is 1.35 bits per heavy atom. The number of esters is 1. The zero-order valence-corrected chi connectivity index (χ0v) is 10.2. The van der Waals surface area contributed by atoms with E-state index in [9.17, 15) is 18.0 Å². The summed E-state index contributed by atoms with van der Waals surface area (Å²) in [7, 11) is 2.79. The van der Waals surface area contributed by atoms with E-state index >= 15 is 0 Å². The van der Waals surface area contributed by atoms with Crippen molar-refractivity contribution in [2.24, 2.45) is 0 Å². The standard InChI is InChI=1S/C10H18F3NO3/c1-9(14-2,8(15)16-3)7-17-6-4-5-10(11,12)13/h14H,4-7H2,1-3H3. The van der Waals surface area contributed by atoms with Crippen molar-refractivity contribution in [3.05, 3.63) is 0 Å². The zero-order chi connectivity index (χ0) is 13.5. The Balaban J connectivity index is 3.89. The van der Waals surface area contributed by atoms with Crippen LogP contribution in [0.2, 0.25) is 0 Å². The maximum atomic E-state index is 11.8. The Morgan fingerprint density at radius 2 is 1.94 bits per heavy atom. The molecule has 102 valence electrons. The number of likely N-dealkylation sites (N-methyl/N-ethyl adjacent to an activating group) is 1. The fourth-order valence-corrected chi connectivity index (χ4v) is 1.11. The van der Waals surface area contributed by atoms with Crippen LogP contribution in [0.5, 0.6) is 0 Å². The number of alkyl halides is 3. The average Bonchev–Trinajstić information content (AvgIpc) is 2.25. The first-order valence-corrected chi connectivity index (χ1v) is 5.17. The van der Waals surface area contributed by atoms with E-state index in [2.05, 4.69) is 10.1 Å². The van der Waals surface area contributed by atoms with Crippen molar-refractivity contribution >= 4 is 5.97 Å². The first-order chi connectivity index (χ1) is 7.75. The van der Waals surface area contributed by atoms with Crippen molar-refractivity contribution in [2.75, 3.05) is 27.4 Å². The van der Waals surface area contributed by atoms with Gasteiger partial charge >= 0.3 is 12.1 Å². The number of rotatable bonds is 7. The highest BCUT2D eigenvalue weighted by atomic mass is 19.4. The number of halogens is 3. The lowest BCUT2D eigenvalue weighted by Crippen LogP contribution is -2.52. The van der Waals surface area contributed by atoms with Crippen LogP contribution in [0.3, 0.4) is 0 Å². The lowest BCUT2D eigenvalue weighted by Gasteiger charge is -2.25. The molecule has 1 atom stereocenters. The van der Waals surface area contributed by atoms with E-state index in [4.69, 9.17) is 4.74 Å². The summed E-state index contributed by atoms with van der Waals surface area (Å²) in [6, 6.07) is 0. The van der Waals surface area contributed by atoms with E-state index in [-0.39, 0.29) is 19.6 Å². The number of methoxy groups -OCH3 is 1. The van der Waals surface area contributed by atoms with E-state index in [0.717, 1.165) is 0 Å². The third-order valence-corrected chi connectivity index (χ3v) is 2.33. The molecule has 0 saturated carbocycles. The van der Waals surface area contributed by atoms with Crippen LogP contribution in [0.4, 0.5) is 13.2 Å². The summed E-state index contributed by atoms with van der Waals surface area (Å²) >= 11 is 0. The molecule has 1 N–H and O–H groups in total. The predicted octanol–water partition coefficient (Wildman–Crippen LogP) is 1.50. The molecule has 0 aliphatic carbocycles. The highest BCUT2D eigenvalue weighted by molar-refractivity contribution is 5.80. The summed E-state index contributed by atoms with van der Waals surface area (Å²) in [5.41, 5.74) is -1.03. The van der Waals surface area contributed by atoms with Gasteiger partial charge in [0.25, 0.3) is 0 Å². The van der Waals surface area contributed by atoms with Gasteiger partial charge in [-0.3, -0.25) is 0 Å². The van der Waals surface area contributed by atoms with Crippen molar-refractivity contribution in [3.8, 4) is 0 Å². The molecular weight excluding hydrogens is 239 g/mol. The maximum absolute atomic E-state index is 11.8. The normalized spacial score (nSPS) is 15.4. The van der Waals surface area contributed by atoms with Gasteiger partial charge < -0.3 is 14.8 Å². The maximum Gasteiger partial charge on any atom is 0.389 e. The molecular formula is C10H18F3NO3. The molecule has 1 unspecified atom stereocenters. The Hall–Kier alpha value is -0.820. The third kappa shape index (κ3) is 6.48. The van der Waals surface area contributed by atoms with E-state index in [1.807, 2.05) is 0 Å². The molecule has 0 heterocycles. The molecule has 7 heteroatoms. The summed E-state index contributed by atoms with van der Waals surface area (Å²) in [5, 5.41) is 2.71. The summed E-state index contributed by atoms with van der Waals surface area (Å²) in [6.45, 7) is 1.48. The second-order valence-corrected chi connectivity index (χ2v) is 3.85. The largest absolute Gasteiger partial charge is 0.468 e. The minimum Gasteiger partial charge on any atom is -0.468 e. The van der Waals surface area contributed by atoms with Crippen molar-refractivity contribution in [1.29, 1.82) is 0 Å². The van der Waals surface area contributed by atoms with Gasteiger partial charge in [-0.05, 0) is 20.4 Å². The van der Waals surface area contributed by atoms with Gasteiger partial charge in [-0.15, -0.1) is 0 Å². The van der Waals surface area contributed by atoms with Crippen molar-refractivity contribution < 1.29 is 27.4 Å². The average molecular weight is 257 g/mol. The Kier molecular flexibility index (Phi) is 6.48. The van der Waals surface area contributed by atoms with Crippen molar-refractivity contribution in [1.82, 2.24) is 5.32 Å². The minimum absolute atomic E-state index is 0.0337. The molecule has 4 nitrogen and oxygen atoms in total. The molecule has 0 bridgehead atoms. The fraction of sp³-hybridized carbons (Fsp3) is 0.900. The Bertz CT molecular complexity index is 245. The van der Waals surface area contributed by atoms with Gasteiger partial charge in [0.05, 0.1) is 13.7 Å². The summed E-state index contributed by atoms with van der Waals surface area (Å²) in [6.07, 6.45) is -5.18. The molecule has 0 fully saturated rings. The second-order valence-electron chi connectivity index (χ2n) is 3.85. The van der Waals surface area contributed by atoms with E-state index in [1.54, 1.807) is 14.0 Å². The van der Waals surface area contributed by atoms with Crippen molar-refractivity contribution in [3.63, 3.8) is 0 Å². The van der Waals surface area contributed by atoms with Gasteiger partial charge in [-0.2, -0.15) is 13.2 Å². The minimum atomic E-state index is -4.17. The van der Waals surface area contributed by atoms with Gasteiger partial charge in [0.15, 0.2) is 0 Å². The number of hydrogen-bond donors (Lipinski definition) is 1. The van der Waals surface area contributed by atoms with Crippen LogP contribution in [0.25, 0.3) is 0 Å². The number of carbonyl (C=O) groups excluding carboxylic acids is 1. The summed E-state index contributed by atoms with van der Waals surface area (Å²) in [5.74, 6) is -0.518. The highest BCUT2D eigenvalue weighted by Gasteiger charge is 2.33. The van der Waals surface area contributed by atoms with E-state index < -0.39 is 24.1 Å². The quantitative estimate of drug-likeness (QED) is 0.554. The number of carbonyl (C=O) groups is 1. The molecule has 0 aliphatic heterocycles. The van der Waals surface area contributed by atoms with E-state index in [0.29, 0.717) is 0 Å².